The third-order valence-corrected chi connectivity index (χ3v) is 3.80. The summed E-state index contributed by atoms with van der Waals surface area (Å²) in [6, 6.07) is 19.7. The summed E-state index contributed by atoms with van der Waals surface area (Å²) in [5, 5.41) is 4.94. The van der Waals surface area contributed by atoms with Crippen LogP contribution in [0.2, 0.25) is 0 Å². The molecule has 1 unspecified atom stereocenters. The zero-order valence-corrected chi connectivity index (χ0v) is 12.6. The highest BCUT2D eigenvalue weighted by atomic mass is 14.9. The van der Waals surface area contributed by atoms with Crippen LogP contribution in [-0.4, -0.2) is 4.98 Å². The molecule has 0 saturated carbocycles. The Labute approximate surface area is 126 Å². The molecule has 21 heavy (non-hydrogen) atoms. The molecule has 3 aromatic rings. The Bertz CT molecular complexity index is 698. The van der Waals surface area contributed by atoms with E-state index in [0.717, 1.165) is 6.42 Å². The van der Waals surface area contributed by atoms with Gasteiger partial charge in [-0.2, -0.15) is 0 Å². The maximum atomic E-state index is 3.69. The van der Waals surface area contributed by atoms with E-state index in [-0.39, 0.29) is 0 Å². The summed E-state index contributed by atoms with van der Waals surface area (Å²) in [4.78, 5) is 3.24. The van der Waals surface area contributed by atoms with E-state index in [1.807, 2.05) is 6.20 Å². The molecule has 1 aromatic heterocycles. The summed E-state index contributed by atoms with van der Waals surface area (Å²) in [6.07, 6.45) is 3.10. The van der Waals surface area contributed by atoms with Gasteiger partial charge in [-0.1, -0.05) is 44.2 Å². The molecule has 0 aliphatic heterocycles. The Hall–Kier alpha value is -2.22. The SMILES string of the molecule is CC(C)CC(Nc1ccc2[nH]ccc2c1)c1ccccc1. The van der Waals surface area contributed by atoms with Gasteiger partial charge in [-0.25, -0.2) is 0 Å². The summed E-state index contributed by atoms with van der Waals surface area (Å²) in [5.74, 6) is 0.652. The van der Waals surface area contributed by atoms with Crippen molar-refractivity contribution in [1.82, 2.24) is 4.98 Å². The molecule has 0 bridgehead atoms. The fourth-order valence-electron chi connectivity index (χ4n) is 2.78. The smallest absolute Gasteiger partial charge is 0.0516 e. The average molecular weight is 278 g/mol. The van der Waals surface area contributed by atoms with Crippen LogP contribution in [0.3, 0.4) is 0 Å². The Morgan fingerprint density at radius 3 is 2.57 bits per heavy atom. The van der Waals surface area contributed by atoms with Gasteiger partial charge in [0.05, 0.1) is 6.04 Å². The average Bonchev–Trinajstić information content (AvgIpc) is 2.94. The lowest BCUT2D eigenvalue weighted by molar-refractivity contribution is 0.531. The number of aromatic amines is 1. The van der Waals surface area contributed by atoms with Gasteiger partial charge in [0.25, 0.3) is 0 Å². The van der Waals surface area contributed by atoms with E-state index < -0.39 is 0 Å². The monoisotopic (exact) mass is 278 g/mol. The highest BCUT2D eigenvalue weighted by Gasteiger charge is 2.13. The quantitative estimate of drug-likeness (QED) is 0.645. The lowest BCUT2D eigenvalue weighted by Crippen LogP contribution is -2.13. The molecule has 0 aliphatic rings. The Balaban J connectivity index is 1.86. The van der Waals surface area contributed by atoms with E-state index in [1.165, 1.54) is 22.2 Å². The van der Waals surface area contributed by atoms with Crippen LogP contribution in [0.1, 0.15) is 31.9 Å². The van der Waals surface area contributed by atoms with Crippen molar-refractivity contribution in [1.29, 1.82) is 0 Å². The number of H-pyrrole nitrogens is 1. The molecule has 108 valence electrons. The summed E-state index contributed by atoms with van der Waals surface area (Å²) in [5.41, 5.74) is 3.71. The molecule has 2 N–H and O–H groups in total. The predicted octanol–water partition coefficient (Wildman–Crippen LogP) is 5.37. The number of rotatable bonds is 5. The number of aromatic nitrogens is 1. The summed E-state index contributed by atoms with van der Waals surface area (Å²) in [6.45, 7) is 4.54. The van der Waals surface area contributed by atoms with E-state index in [4.69, 9.17) is 0 Å². The van der Waals surface area contributed by atoms with Crippen molar-refractivity contribution in [2.75, 3.05) is 5.32 Å². The minimum Gasteiger partial charge on any atom is -0.378 e. The second kappa shape index (κ2) is 6.04. The second-order valence-electron chi connectivity index (χ2n) is 6.02. The highest BCUT2D eigenvalue weighted by molar-refractivity contribution is 5.83. The van der Waals surface area contributed by atoms with Gasteiger partial charge >= 0.3 is 0 Å². The van der Waals surface area contributed by atoms with E-state index in [1.54, 1.807) is 0 Å². The number of hydrogen-bond donors (Lipinski definition) is 2. The van der Waals surface area contributed by atoms with Crippen LogP contribution in [0.4, 0.5) is 5.69 Å². The maximum absolute atomic E-state index is 3.69. The zero-order valence-electron chi connectivity index (χ0n) is 12.6. The molecule has 2 nitrogen and oxygen atoms in total. The number of hydrogen-bond acceptors (Lipinski definition) is 1. The Morgan fingerprint density at radius 2 is 1.81 bits per heavy atom. The zero-order chi connectivity index (χ0) is 14.7. The standard InChI is InChI=1S/C19H22N2/c1-14(2)12-19(15-6-4-3-5-7-15)21-17-8-9-18-16(13-17)10-11-20-18/h3-11,13-14,19-21H,12H2,1-2H3. The van der Waals surface area contributed by atoms with Crippen LogP contribution in [-0.2, 0) is 0 Å². The minimum atomic E-state index is 0.350. The molecule has 0 aliphatic carbocycles. The van der Waals surface area contributed by atoms with Gasteiger partial charge in [0, 0.05) is 22.8 Å². The van der Waals surface area contributed by atoms with Gasteiger partial charge in [0.1, 0.15) is 0 Å². The molecule has 0 radical (unpaired) electrons. The highest BCUT2D eigenvalue weighted by Crippen LogP contribution is 2.27. The molecule has 0 amide bonds. The molecule has 2 heteroatoms. The number of benzene rings is 2. The summed E-state index contributed by atoms with van der Waals surface area (Å²) in [7, 11) is 0. The molecule has 3 rings (SSSR count). The van der Waals surface area contributed by atoms with Crippen molar-refractivity contribution in [3.8, 4) is 0 Å². The van der Waals surface area contributed by atoms with Crippen molar-refractivity contribution in [3.63, 3.8) is 0 Å². The van der Waals surface area contributed by atoms with E-state index >= 15 is 0 Å². The van der Waals surface area contributed by atoms with Crippen molar-refractivity contribution in [2.24, 2.45) is 5.92 Å². The van der Waals surface area contributed by atoms with Crippen molar-refractivity contribution >= 4 is 16.6 Å². The maximum Gasteiger partial charge on any atom is 0.0516 e. The van der Waals surface area contributed by atoms with E-state index in [0.29, 0.717) is 12.0 Å². The van der Waals surface area contributed by atoms with Crippen LogP contribution in [0, 0.1) is 5.92 Å². The molecule has 1 heterocycles. The molecule has 0 spiro atoms. The molecular weight excluding hydrogens is 256 g/mol. The van der Waals surface area contributed by atoms with Crippen LogP contribution in [0.15, 0.2) is 60.8 Å². The molecule has 1 atom stereocenters. The molecule has 0 fully saturated rings. The van der Waals surface area contributed by atoms with Crippen LogP contribution >= 0.6 is 0 Å². The Kier molecular flexibility index (Phi) is 3.96. The van der Waals surface area contributed by atoms with E-state index in [2.05, 4.69) is 78.7 Å². The lowest BCUT2D eigenvalue weighted by atomic mass is 9.96. The summed E-state index contributed by atoms with van der Waals surface area (Å²) >= 11 is 0. The van der Waals surface area contributed by atoms with E-state index in [9.17, 15) is 0 Å². The first-order valence-electron chi connectivity index (χ1n) is 7.61. The summed E-state index contributed by atoms with van der Waals surface area (Å²) < 4.78 is 0. The van der Waals surface area contributed by atoms with Gasteiger partial charge < -0.3 is 10.3 Å². The second-order valence-corrected chi connectivity index (χ2v) is 6.02. The third-order valence-electron chi connectivity index (χ3n) is 3.80. The fourth-order valence-corrected chi connectivity index (χ4v) is 2.78. The van der Waals surface area contributed by atoms with Gasteiger partial charge in [-0.05, 0) is 42.2 Å². The molecule has 0 saturated heterocycles. The first kappa shape index (κ1) is 13.7. The largest absolute Gasteiger partial charge is 0.378 e. The van der Waals surface area contributed by atoms with Crippen molar-refractivity contribution in [2.45, 2.75) is 26.3 Å². The van der Waals surface area contributed by atoms with Gasteiger partial charge in [0.15, 0.2) is 0 Å². The molecule has 2 aromatic carbocycles. The first-order valence-corrected chi connectivity index (χ1v) is 7.61. The first-order chi connectivity index (χ1) is 10.2. The topological polar surface area (TPSA) is 27.8 Å². The van der Waals surface area contributed by atoms with Crippen molar-refractivity contribution in [3.05, 3.63) is 66.4 Å². The third kappa shape index (κ3) is 3.27. The normalized spacial score (nSPS) is 12.7. The minimum absolute atomic E-state index is 0.350. The lowest BCUT2D eigenvalue weighted by Gasteiger charge is -2.22. The Morgan fingerprint density at radius 1 is 1.00 bits per heavy atom. The van der Waals surface area contributed by atoms with Gasteiger partial charge in [-0.3, -0.25) is 0 Å². The van der Waals surface area contributed by atoms with Crippen LogP contribution < -0.4 is 5.32 Å². The van der Waals surface area contributed by atoms with Crippen LogP contribution in [0.5, 0.6) is 0 Å². The van der Waals surface area contributed by atoms with Crippen molar-refractivity contribution < 1.29 is 0 Å². The number of fused-ring (bicyclic) bond motifs is 1. The molecular formula is C19H22N2. The number of anilines is 1. The number of nitrogens with one attached hydrogen (secondary N) is 2. The predicted molar refractivity (Wildman–Crippen MR) is 90.6 cm³/mol. The fraction of sp³-hybridized carbons (Fsp3) is 0.263. The van der Waals surface area contributed by atoms with Gasteiger partial charge in [0.2, 0.25) is 0 Å². The van der Waals surface area contributed by atoms with Crippen LogP contribution in [0.25, 0.3) is 10.9 Å². The van der Waals surface area contributed by atoms with Gasteiger partial charge in [-0.15, -0.1) is 0 Å².